The van der Waals surface area contributed by atoms with E-state index in [4.69, 9.17) is 0 Å². The van der Waals surface area contributed by atoms with E-state index in [1.165, 1.54) is 5.56 Å². The molecular weight excluding hydrogens is 444 g/mol. The highest BCUT2D eigenvalue weighted by Gasteiger charge is 2.31. The topological polar surface area (TPSA) is 57.7 Å². The Morgan fingerprint density at radius 1 is 0.941 bits per heavy atom. The van der Waals surface area contributed by atoms with Crippen LogP contribution in [-0.2, 0) is 17.2 Å². The van der Waals surface area contributed by atoms with Gasteiger partial charge in [0.25, 0.3) is 11.8 Å². The Kier molecular flexibility index (Phi) is 6.33. The van der Waals surface area contributed by atoms with Crippen molar-refractivity contribution in [1.29, 1.82) is 0 Å². The number of anilines is 1. The van der Waals surface area contributed by atoms with E-state index in [1.807, 2.05) is 17.9 Å². The summed E-state index contributed by atoms with van der Waals surface area (Å²) < 4.78 is 13.3. The van der Waals surface area contributed by atoms with Crippen LogP contribution in [-0.4, -0.2) is 40.6 Å². The second kappa shape index (κ2) is 9.55. The van der Waals surface area contributed by atoms with Gasteiger partial charge in [-0.2, -0.15) is 0 Å². The van der Waals surface area contributed by atoms with E-state index in [-0.39, 0.29) is 11.8 Å². The van der Waals surface area contributed by atoms with Gasteiger partial charge in [-0.15, -0.1) is 0 Å². The zero-order valence-electron chi connectivity index (χ0n) is 19.3. The van der Waals surface area contributed by atoms with Crippen LogP contribution in [0.2, 0.25) is 0 Å². The first-order chi connectivity index (χ1) is 16.6. The smallest absolute Gasteiger partial charge is 0.259 e. The minimum Gasteiger partial charge on any atom is -0.339 e. The number of amides is 2. The molecule has 2 aliphatic heterocycles. The Bertz CT molecular complexity index is 1250. The molecular formula is C28H28N2O3S. The van der Waals surface area contributed by atoms with E-state index in [0.717, 1.165) is 32.4 Å². The first kappa shape index (κ1) is 22.5. The summed E-state index contributed by atoms with van der Waals surface area (Å²) in [6.07, 6.45) is 3.00. The van der Waals surface area contributed by atoms with Gasteiger partial charge in [0.15, 0.2) is 0 Å². The van der Waals surface area contributed by atoms with Crippen molar-refractivity contribution in [3.63, 3.8) is 0 Å². The third kappa shape index (κ3) is 4.18. The van der Waals surface area contributed by atoms with E-state index >= 15 is 0 Å². The van der Waals surface area contributed by atoms with Gasteiger partial charge in [0.2, 0.25) is 0 Å². The molecule has 174 valence electrons. The average Bonchev–Trinajstić information content (AvgIpc) is 2.97. The van der Waals surface area contributed by atoms with Crippen molar-refractivity contribution in [1.82, 2.24) is 4.90 Å². The second-order valence-corrected chi connectivity index (χ2v) is 10.3. The fraction of sp³-hybridized carbons (Fsp3) is 0.286. The Balaban J connectivity index is 1.36. The molecule has 2 amide bonds. The molecule has 3 aromatic rings. The Morgan fingerprint density at radius 2 is 1.65 bits per heavy atom. The quantitative estimate of drug-likeness (QED) is 0.541. The van der Waals surface area contributed by atoms with Crippen LogP contribution >= 0.6 is 0 Å². The molecule has 0 bridgehead atoms. The summed E-state index contributed by atoms with van der Waals surface area (Å²) >= 11 is 0. The van der Waals surface area contributed by atoms with Gasteiger partial charge in [0.05, 0.1) is 31.8 Å². The SMILES string of the molecule is CCN1C(=O)c2ccccc2[S@](=O)c2ccc(C(=O)N3CCC(Cc4ccccc4)CC3)cc21. The molecule has 5 nitrogen and oxygen atoms in total. The van der Waals surface area contributed by atoms with Crippen LogP contribution in [0.1, 0.15) is 46.0 Å². The largest absolute Gasteiger partial charge is 0.339 e. The van der Waals surface area contributed by atoms with Gasteiger partial charge in [-0.25, -0.2) is 4.21 Å². The lowest BCUT2D eigenvalue weighted by Gasteiger charge is -2.32. The van der Waals surface area contributed by atoms with E-state index in [1.54, 1.807) is 47.4 Å². The summed E-state index contributed by atoms with van der Waals surface area (Å²) in [7, 11) is -1.49. The zero-order valence-corrected chi connectivity index (χ0v) is 20.1. The second-order valence-electron chi connectivity index (χ2n) is 8.92. The van der Waals surface area contributed by atoms with Gasteiger partial charge >= 0.3 is 0 Å². The molecule has 5 rings (SSSR count). The minimum absolute atomic E-state index is 0.0305. The molecule has 3 aromatic carbocycles. The predicted molar refractivity (Wildman–Crippen MR) is 134 cm³/mol. The molecule has 0 N–H and O–H groups in total. The van der Waals surface area contributed by atoms with Gasteiger partial charge in [0.1, 0.15) is 0 Å². The predicted octanol–water partition coefficient (Wildman–Crippen LogP) is 4.93. The van der Waals surface area contributed by atoms with Crippen molar-refractivity contribution < 1.29 is 13.8 Å². The lowest BCUT2D eigenvalue weighted by molar-refractivity contribution is 0.0690. The number of carbonyl (C=O) groups excluding carboxylic acids is 2. The van der Waals surface area contributed by atoms with E-state index in [0.29, 0.717) is 39.1 Å². The minimum atomic E-state index is -1.49. The van der Waals surface area contributed by atoms with E-state index in [2.05, 4.69) is 24.3 Å². The molecule has 0 aromatic heterocycles. The number of piperidine rings is 1. The van der Waals surface area contributed by atoms with Crippen LogP contribution in [0.25, 0.3) is 0 Å². The molecule has 0 saturated carbocycles. The summed E-state index contributed by atoms with van der Waals surface area (Å²) in [5.41, 5.74) is 2.89. The van der Waals surface area contributed by atoms with Gasteiger partial charge in [0, 0.05) is 25.2 Å². The van der Waals surface area contributed by atoms with Gasteiger partial charge < -0.3 is 9.80 Å². The highest BCUT2D eigenvalue weighted by atomic mass is 32.2. The molecule has 6 heteroatoms. The fourth-order valence-corrected chi connectivity index (χ4v) is 6.33. The molecule has 2 aliphatic rings. The molecule has 1 saturated heterocycles. The third-order valence-electron chi connectivity index (χ3n) is 6.84. The number of fused-ring (bicyclic) bond motifs is 2. The Morgan fingerprint density at radius 3 is 2.38 bits per heavy atom. The van der Waals surface area contributed by atoms with Crippen molar-refractivity contribution in [2.45, 2.75) is 36.0 Å². The fourth-order valence-electron chi connectivity index (χ4n) is 4.98. The summed E-state index contributed by atoms with van der Waals surface area (Å²) in [6, 6.07) is 22.8. The van der Waals surface area contributed by atoms with Crippen molar-refractivity contribution in [3.05, 3.63) is 89.5 Å². The van der Waals surface area contributed by atoms with Gasteiger partial charge in [-0.1, -0.05) is 42.5 Å². The zero-order chi connectivity index (χ0) is 23.7. The summed E-state index contributed by atoms with van der Waals surface area (Å²) in [4.78, 5) is 31.2. The number of likely N-dealkylation sites (tertiary alicyclic amines) is 1. The average molecular weight is 473 g/mol. The third-order valence-corrected chi connectivity index (χ3v) is 8.34. The number of benzene rings is 3. The molecule has 0 unspecified atom stereocenters. The molecule has 2 heterocycles. The Labute approximate surface area is 202 Å². The van der Waals surface area contributed by atoms with E-state index < -0.39 is 10.8 Å². The highest BCUT2D eigenvalue weighted by molar-refractivity contribution is 7.85. The lowest BCUT2D eigenvalue weighted by atomic mass is 9.90. The van der Waals surface area contributed by atoms with Gasteiger partial charge in [-0.05, 0) is 68.0 Å². The standard InChI is InChI=1S/C28H28N2O3S/c1-2-30-24-19-22(12-13-26(24)34(33)25-11-7-6-10-23(25)28(30)32)27(31)29-16-14-21(15-17-29)18-20-8-4-3-5-9-20/h3-13,19,21H,2,14-18H2,1H3/t34-/m0/s1. The highest BCUT2D eigenvalue weighted by Crippen LogP contribution is 2.35. The van der Waals surface area contributed by atoms with Crippen LogP contribution < -0.4 is 4.90 Å². The number of nitrogens with zero attached hydrogens (tertiary/aromatic N) is 2. The van der Waals surface area contributed by atoms with Crippen LogP contribution in [0.3, 0.4) is 0 Å². The maximum atomic E-state index is 13.4. The summed E-state index contributed by atoms with van der Waals surface area (Å²) in [6.45, 7) is 3.77. The summed E-state index contributed by atoms with van der Waals surface area (Å²) in [5.74, 6) is 0.362. The normalized spacial score (nSPS) is 18.3. The first-order valence-corrected chi connectivity index (χ1v) is 13.0. The number of hydrogen-bond acceptors (Lipinski definition) is 3. The molecule has 1 atom stereocenters. The van der Waals surface area contributed by atoms with Crippen molar-refractivity contribution >= 4 is 28.3 Å². The monoisotopic (exact) mass is 472 g/mol. The number of carbonyl (C=O) groups is 2. The summed E-state index contributed by atoms with van der Waals surface area (Å²) in [5, 5.41) is 0. The lowest BCUT2D eigenvalue weighted by Crippen LogP contribution is -2.39. The number of rotatable bonds is 4. The molecule has 1 fully saturated rings. The van der Waals surface area contributed by atoms with Crippen LogP contribution in [0.4, 0.5) is 5.69 Å². The maximum absolute atomic E-state index is 13.4. The van der Waals surface area contributed by atoms with Crippen LogP contribution in [0.5, 0.6) is 0 Å². The number of hydrogen-bond donors (Lipinski definition) is 0. The Hall–Kier alpha value is -3.25. The molecule has 34 heavy (non-hydrogen) atoms. The maximum Gasteiger partial charge on any atom is 0.259 e. The van der Waals surface area contributed by atoms with Crippen molar-refractivity contribution in [2.24, 2.45) is 5.92 Å². The van der Waals surface area contributed by atoms with Gasteiger partial charge in [-0.3, -0.25) is 9.59 Å². The van der Waals surface area contributed by atoms with Crippen LogP contribution in [0, 0.1) is 5.92 Å². The van der Waals surface area contributed by atoms with Crippen molar-refractivity contribution in [2.75, 3.05) is 24.5 Å². The first-order valence-electron chi connectivity index (χ1n) is 11.9. The van der Waals surface area contributed by atoms with Crippen molar-refractivity contribution in [3.8, 4) is 0 Å². The molecule has 0 aliphatic carbocycles. The van der Waals surface area contributed by atoms with E-state index in [9.17, 15) is 13.8 Å². The molecule has 0 spiro atoms. The molecule has 0 radical (unpaired) electrons. The van der Waals surface area contributed by atoms with Crippen LogP contribution in [0.15, 0.2) is 82.6 Å².